The third kappa shape index (κ3) is 7.31. The van der Waals surface area contributed by atoms with Gasteiger partial charge in [-0.2, -0.15) is 15.1 Å². The number of nitrogens with zero attached hydrogens (tertiary/aromatic N) is 7. The van der Waals surface area contributed by atoms with Crippen molar-refractivity contribution in [1.29, 1.82) is 4.78 Å². The molecule has 1 aromatic carbocycles. The molecule has 51 heavy (non-hydrogen) atoms. The van der Waals surface area contributed by atoms with E-state index < -0.39 is 15.9 Å². The molecule has 276 valence electrons. The van der Waals surface area contributed by atoms with Gasteiger partial charge in [0.15, 0.2) is 5.69 Å². The molecule has 0 unspecified atom stereocenters. The van der Waals surface area contributed by atoms with Gasteiger partial charge in [0.25, 0.3) is 5.91 Å². The molecule has 4 aliphatic heterocycles. The van der Waals surface area contributed by atoms with Crippen molar-refractivity contribution in [2.75, 3.05) is 62.8 Å². The highest BCUT2D eigenvalue weighted by atomic mass is 35.5. The minimum atomic E-state index is -2.66. The van der Waals surface area contributed by atoms with Crippen LogP contribution in [-0.4, -0.2) is 109 Å². The molecule has 3 aromatic rings. The highest BCUT2D eigenvalue weighted by Crippen LogP contribution is 2.41. The quantitative estimate of drug-likeness (QED) is 0.298. The molecule has 3 fully saturated rings. The zero-order valence-electron chi connectivity index (χ0n) is 29.1. The summed E-state index contributed by atoms with van der Waals surface area (Å²) in [6, 6.07) is 6.12. The van der Waals surface area contributed by atoms with Gasteiger partial charge in [-0.3, -0.25) is 19.2 Å². The lowest BCUT2D eigenvalue weighted by Gasteiger charge is -2.31. The summed E-state index contributed by atoms with van der Waals surface area (Å²) in [6.45, 7) is 5.86. The molecule has 7 rings (SSSR count). The van der Waals surface area contributed by atoms with E-state index in [4.69, 9.17) is 47.4 Å². The van der Waals surface area contributed by atoms with Crippen LogP contribution in [0.25, 0.3) is 0 Å². The predicted molar refractivity (Wildman–Crippen MR) is 194 cm³/mol. The summed E-state index contributed by atoms with van der Waals surface area (Å²) >= 11 is 13.6. The second kappa shape index (κ2) is 14.8. The minimum absolute atomic E-state index is 0.142. The van der Waals surface area contributed by atoms with E-state index in [-0.39, 0.29) is 59.4 Å². The summed E-state index contributed by atoms with van der Waals surface area (Å²) < 4.78 is 48.8. The molecule has 12 nitrogen and oxygen atoms in total. The molecule has 0 aliphatic carbocycles. The molecule has 0 bridgehead atoms. The molecule has 3 saturated heterocycles. The van der Waals surface area contributed by atoms with Crippen LogP contribution in [0.1, 0.15) is 71.2 Å². The number of hydrogen-bond acceptors (Lipinski definition) is 10. The van der Waals surface area contributed by atoms with Gasteiger partial charge in [-0.05, 0) is 49.4 Å². The molecule has 1 amide bonds. The second-order valence-corrected chi connectivity index (χ2v) is 17.3. The van der Waals surface area contributed by atoms with Crippen molar-refractivity contribution in [3.63, 3.8) is 0 Å². The van der Waals surface area contributed by atoms with Crippen molar-refractivity contribution in [2.45, 2.75) is 76.9 Å². The van der Waals surface area contributed by atoms with Crippen LogP contribution in [0.15, 0.2) is 18.2 Å². The van der Waals surface area contributed by atoms with Gasteiger partial charge in [0.2, 0.25) is 0 Å². The van der Waals surface area contributed by atoms with Crippen molar-refractivity contribution in [3.8, 4) is 6.01 Å². The molecule has 0 spiro atoms. The number of aryl methyl sites for hydroxylation is 1. The number of methoxy groups -OCH3 is 1. The Morgan fingerprint density at radius 3 is 2.69 bits per heavy atom. The van der Waals surface area contributed by atoms with Gasteiger partial charge in [-0.15, -0.1) is 0 Å². The van der Waals surface area contributed by atoms with E-state index in [1.807, 2.05) is 12.1 Å². The monoisotopic (exact) mass is 762 g/mol. The van der Waals surface area contributed by atoms with Crippen molar-refractivity contribution in [3.05, 3.63) is 62.0 Å². The number of fused-ring (bicyclic) bond motifs is 2. The Kier molecular flexibility index (Phi) is 10.5. The molecule has 0 saturated carbocycles. The van der Waals surface area contributed by atoms with Crippen LogP contribution in [-0.2, 0) is 47.0 Å². The van der Waals surface area contributed by atoms with Crippen LogP contribution in [0.3, 0.4) is 0 Å². The fourth-order valence-corrected chi connectivity index (χ4v) is 9.97. The Hall–Kier alpha value is -3.04. The van der Waals surface area contributed by atoms with E-state index in [2.05, 4.69) is 27.9 Å². The van der Waals surface area contributed by atoms with Crippen LogP contribution in [0.2, 0.25) is 10.0 Å². The number of benzene rings is 1. The fourth-order valence-electron chi connectivity index (χ4n) is 8.13. The zero-order chi connectivity index (χ0) is 35.9. The van der Waals surface area contributed by atoms with Gasteiger partial charge in [0.1, 0.15) is 18.6 Å². The summed E-state index contributed by atoms with van der Waals surface area (Å²) in [5.74, 6) is 0.608. The SMILES string of the molecule is CCc1c(Cl)cccc1Cc1nc(OC[C@@]23CCCN2C[C@H](F)C3)nc(N2CCCn3nc(C(=O)N4CCS(=N)(=O)CC4)c(Cl)c3C2)c1COC. The summed E-state index contributed by atoms with van der Waals surface area (Å²) in [4.78, 5) is 29.5. The lowest BCUT2D eigenvalue weighted by atomic mass is 9.95. The smallest absolute Gasteiger partial charge is 0.318 e. The molecule has 1 N–H and O–H groups in total. The van der Waals surface area contributed by atoms with Gasteiger partial charge in [-0.25, -0.2) is 8.60 Å². The first-order valence-corrected chi connectivity index (χ1v) is 20.4. The van der Waals surface area contributed by atoms with E-state index in [0.29, 0.717) is 68.6 Å². The molecular weight excluding hydrogens is 718 g/mol. The van der Waals surface area contributed by atoms with Gasteiger partial charge in [-0.1, -0.05) is 42.3 Å². The minimum Gasteiger partial charge on any atom is -0.461 e. The summed E-state index contributed by atoms with van der Waals surface area (Å²) in [5, 5.41) is 5.63. The maximum atomic E-state index is 14.6. The largest absolute Gasteiger partial charge is 0.461 e. The highest BCUT2D eigenvalue weighted by molar-refractivity contribution is 7.92. The van der Waals surface area contributed by atoms with Crippen LogP contribution in [0, 0.1) is 4.78 Å². The second-order valence-electron chi connectivity index (χ2n) is 14.1. The Balaban J connectivity index is 1.24. The number of nitrogens with one attached hydrogen (secondary N) is 1. The van der Waals surface area contributed by atoms with Crippen molar-refractivity contribution >= 4 is 44.7 Å². The maximum Gasteiger partial charge on any atom is 0.318 e. The average molecular weight is 764 g/mol. The van der Waals surface area contributed by atoms with Crippen LogP contribution in [0.4, 0.5) is 10.2 Å². The Morgan fingerprint density at radius 2 is 1.92 bits per heavy atom. The first-order valence-electron chi connectivity index (χ1n) is 17.7. The highest BCUT2D eigenvalue weighted by Gasteiger charge is 2.49. The Morgan fingerprint density at radius 1 is 1.12 bits per heavy atom. The van der Waals surface area contributed by atoms with Gasteiger partial charge >= 0.3 is 6.01 Å². The molecule has 6 heterocycles. The van der Waals surface area contributed by atoms with E-state index in [9.17, 15) is 13.4 Å². The third-order valence-electron chi connectivity index (χ3n) is 10.8. The van der Waals surface area contributed by atoms with E-state index in [1.165, 1.54) is 0 Å². The van der Waals surface area contributed by atoms with Crippen molar-refractivity contribution in [1.82, 2.24) is 29.5 Å². The number of anilines is 1. The number of ether oxygens (including phenoxy) is 2. The number of carbonyl (C=O) groups excluding carboxylic acids is 1. The normalized spacial score (nSPS) is 23.3. The average Bonchev–Trinajstić information content (AvgIpc) is 3.67. The van der Waals surface area contributed by atoms with E-state index >= 15 is 0 Å². The van der Waals surface area contributed by atoms with Crippen molar-refractivity contribution < 1.29 is 22.9 Å². The third-order valence-corrected chi connectivity index (χ3v) is 13.2. The topological polar surface area (TPSA) is 130 Å². The zero-order valence-corrected chi connectivity index (χ0v) is 31.5. The summed E-state index contributed by atoms with van der Waals surface area (Å²) in [5.41, 5.74) is 4.14. The number of aromatic nitrogens is 4. The Bertz CT molecular complexity index is 1900. The first-order chi connectivity index (χ1) is 24.5. The number of carbonyl (C=O) groups is 1. The molecule has 0 radical (unpaired) electrons. The molecule has 2 atom stereocenters. The van der Waals surface area contributed by atoms with E-state index in [0.717, 1.165) is 48.2 Å². The summed E-state index contributed by atoms with van der Waals surface area (Å²) in [7, 11) is -1.02. The van der Waals surface area contributed by atoms with Gasteiger partial charge < -0.3 is 19.3 Å². The number of alkyl halides is 1. The lowest BCUT2D eigenvalue weighted by Crippen LogP contribution is -2.43. The van der Waals surface area contributed by atoms with Crippen LogP contribution >= 0.6 is 23.2 Å². The molecule has 4 aliphatic rings. The fraction of sp³-hybridized carbons (Fsp3) is 0.600. The number of rotatable bonds is 10. The van der Waals surface area contributed by atoms with Crippen LogP contribution < -0.4 is 9.64 Å². The maximum absolute atomic E-state index is 14.6. The Labute approximate surface area is 308 Å². The summed E-state index contributed by atoms with van der Waals surface area (Å²) in [6.07, 6.45) is 3.37. The van der Waals surface area contributed by atoms with Gasteiger partial charge in [0, 0.05) is 84.5 Å². The van der Waals surface area contributed by atoms with Gasteiger partial charge in [0.05, 0.1) is 35.1 Å². The number of hydrogen-bond donors (Lipinski definition) is 1. The molecule has 16 heteroatoms. The molecule has 2 aromatic heterocycles. The number of halogens is 3. The first kappa shape index (κ1) is 36.3. The lowest BCUT2D eigenvalue weighted by molar-refractivity contribution is 0.0764. The van der Waals surface area contributed by atoms with Crippen molar-refractivity contribution in [2.24, 2.45) is 0 Å². The standard InChI is InChI=1S/C35H45Cl2FN8O4S/c1-3-25-23(7-4-8-27(25)36)17-28-26(21-49-2)32(41-34(40-28)50-22-35-9-5-11-45(35)19-24(38)18-35)44-10-6-12-46-29(20-44)30(37)31(42-46)33(47)43-13-15-51(39,48)16-14-43/h4,7-8,24,39H,3,5-6,9-22H2,1-2H3/t24-,35+/m1/s1. The number of amides is 1. The predicted octanol–water partition coefficient (Wildman–Crippen LogP) is 5.15. The van der Waals surface area contributed by atoms with E-state index in [1.54, 1.807) is 16.7 Å². The van der Waals surface area contributed by atoms with Crippen LogP contribution in [0.5, 0.6) is 6.01 Å². The molecular formula is C35H45Cl2FN8O4S.